The van der Waals surface area contributed by atoms with Crippen LogP contribution in [0.25, 0.3) is 11.5 Å². The van der Waals surface area contributed by atoms with Crippen LogP contribution in [0, 0.1) is 11.6 Å². The van der Waals surface area contributed by atoms with E-state index in [1.807, 2.05) is 0 Å². The third kappa shape index (κ3) is 3.60. The fraction of sp³-hybridized carbons (Fsp3) is 0.294. The zero-order chi connectivity index (χ0) is 18.3. The number of hydrogen-bond acceptors (Lipinski definition) is 6. The van der Waals surface area contributed by atoms with Crippen molar-refractivity contribution in [3.8, 4) is 11.5 Å². The highest BCUT2D eigenvalue weighted by atomic mass is 19.3. The quantitative estimate of drug-likeness (QED) is 0.657. The molecule has 0 radical (unpaired) electrons. The predicted octanol–water partition coefficient (Wildman–Crippen LogP) is 4.48. The molecule has 2 heterocycles. The number of halogens is 4. The molecule has 1 saturated carbocycles. The molecule has 0 bridgehead atoms. The van der Waals surface area contributed by atoms with Crippen molar-refractivity contribution in [1.29, 1.82) is 0 Å². The summed E-state index contributed by atoms with van der Waals surface area (Å²) in [6.45, 7) is 0. The number of benzene rings is 1. The molecule has 0 spiro atoms. The second-order valence-corrected chi connectivity index (χ2v) is 5.88. The van der Waals surface area contributed by atoms with Gasteiger partial charge in [0.15, 0.2) is 11.6 Å². The molecular formula is C17H15F4N5O. The van der Waals surface area contributed by atoms with Crippen molar-refractivity contribution in [2.45, 2.75) is 32.2 Å². The summed E-state index contributed by atoms with van der Waals surface area (Å²) in [7, 11) is 0. The minimum Gasteiger partial charge on any atom is -0.415 e. The summed E-state index contributed by atoms with van der Waals surface area (Å²) in [5.41, 5.74) is 0.332. The highest BCUT2D eigenvalue weighted by molar-refractivity contribution is 5.51. The van der Waals surface area contributed by atoms with Gasteiger partial charge in [-0.2, -0.15) is 8.78 Å². The molecule has 4 rings (SSSR count). The van der Waals surface area contributed by atoms with Crippen LogP contribution >= 0.6 is 0 Å². The molecule has 0 saturated heterocycles. The van der Waals surface area contributed by atoms with E-state index in [9.17, 15) is 17.6 Å². The molecule has 142 valence electrons. The van der Waals surface area contributed by atoms with E-state index in [1.54, 1.807) is 0 Å². The molecule has 0 atom stereocenters. The Kier molecular flexibility index (Phi) is 4.81. The van der Waals surface area contributed by atoms with Crippen molar-refractivity contribution in [2.75, 3.05) is 5.32 Å². The molecule has 1 N–H and O–H groups in total. The lowest BCUT2D eigenvalue weighted by Gasteiger charge is -2.18. The Bertz CT molecular complexity index is 941. The fourth-order valence-corrected chi connectivity index (χ4v) is 2.56. The molecular weight excluding hydrogens is 366 g/mol. The second kappa shape index (κ2) is 6.93. The predicted molar refractivity (Wildman–Crippen MR) is 87.9 cm³/mol. The van der Waals surface area contributed by atoms with Crippen LogP contribution in [0.3, 0.4) is 0 Å². The van der Waals surface area contributed by atoms with E-state index in [-0.39, 0.29) is 24.8 Å². The molecule has 1 fully saturated rings. The maximum Gasteiger partial charge on any atom is 0.314 e. The van der Waals surface area contributed by atoms with Crippen LogP contribution in [0.4, 0.5) is 23.5 Å². The average molecular weight is 381 g/mol. The van der Waals surface area contributed by atoms with Crippen LogP contribution in [0.2, 0.25) is 0 Å². The molecule has 0 unspecified atom stereocenters. The number of nitrogens with zero attached hydrogens (tertiary/aromatic N) is 4. The lowest BCUT2D eigenvalue weighted by Crippen LogP contribution is -2.20. The third-order valence-electron chi connectivity index (χ3n) is 4.10. The van der Waals surface area contributed by atoms with Crippen molar-refractivity contribution >= 4 is 5.95 Å². The first-order valence-electron chi connectivity index (χ1n) is 7.64. The van der Waals surface area contributed by atoms with Gasteiger partial charge in [0.05, 0.1) is 11.1 Å². The smallest absolute Gasteiger partial charge is 0.314 e. The largest absolute Gasteiger partial charge is 0.415 e. The van der Waals surface area contributed by atoms with E-state index < -0.39 is 29.5 Å². The third-order valence-corrected chi connectivity index (χ3v) is 4.10. The van der Waals surface area contributed by atoms with Crippen molar-refractivity contribution in [3.63, 3.8) is 0 Å². The van der Waals surface area contributed by atoms with Crippen molar-refractivity contribution in [3.05, 3.63) is 53.7 Å². The van der Waals surface area contributed by atoms with Gasteiger partial charge in [0, 0.05) is 12.4 Å². The second-order valence-electron chi connectivity index (χ2n) is 5.88. The van der Waals surface area contributed by atoms with Crippen LogP contribution in [0.5, 0.6) is 0 Å². The van der Waals surface area contributed by atoms with Crippen LogP contribution in [0.1, 0.15) is 38.1 Å². The van der Waals surface area contributed by atoms with E-state index in [2.05, 4.69) is 25.5 Å². The first-order valence-corrected chi connectivity index (χ1v) is 7.64. The number of nitrogens with one attached hydrogen (secondary N) is 1. The Labute approximate surface area is 151 Å². The van der Waals surface area contributed by atoms with E-state index >= 15 is 0 Å². The van der Waals surface area contributed by atoms with Crippen LogP contribution in [-0.4, -0.2) is 20.2 Å². The van der Waals surface area contributed by atoms with E-state index in [0.29, 0.717) is 18.4 Å². The maximum absolute atomic E-state index is 13.5. The minimum absolute atomic E-state index is 0. The SMILES string of the molecule is C.Fc1ccc(C2(Nc3ncc(-c4nnc(C(F)F)o4)cn3)CC2)cc1F. The van der Waals surface area contributed by atoms with Crippen molar-refractivity contribution in [1.82, 2.24) is 20.2 Å². The molecule has 27 heavy (non-hydrogen) atoms. The summed E-state index contributed by atoms with van der Waals surface area (Å²) in [5, 5.41) is 9.85. The molecule has 1 aliphatic rings. The molecule has 1 aromatic carbocycles. The van der Waals surface area contributed by atoms with Crippen LogP contribution in [-0.2, 0) is 5.54 Å². The van der Waals surface area contributed by atoms with Crippen LogP contribution < -0.4 is 5.32 Å². The Hall–Kier alpha value is -3.04. The Morgan fingerprint density at radius 2 is 1.74 bits per heavy atom. The minimum atomic E-state index is -2.86. The first kappa shape index (κ1) is 18.7. The summed E-state index contributed by atoms with van der Waals surface area (Å²) < 4.78 is 56.4. The van der Waals surface area contributed by atoms with Gasteiger partial charge in [-0.15, -0.1) is 10.2 Å². The maximum atomic E-state index is 13.5. The van der Waals surface area contributed by atoms with Crippen LogP contribution in [0.15, 0.2) is 35.0 Å². The monoisotopic (exact) mass is 381 g/mol. The van der Waals surface area contributed by atoms with Gasteiger partial charge in [-0.3, -0.25) is 0 Å². The molecule has 0 aliphatic heterocycles. The highest BCUT2D eigenvalue weighted by Gasteiger charge is 2.45. The Morgan fingerprint density at radius 3 is 2.30 bits per heavy atom. The fourth-order valence-electron chi connectivity index (χ4n) is 2.56. The van der Waals surface area contributed by atoms with Gasteiger partial charge in [-0.05, 0) is 30.5 Å². The zero-order valence-electron chi connectivity index (χ0n) is 13.1. The number of aromatic nitrogens is 4. The molecule has 1 aliphatic carbocycles. The molecule has 2 aromatic heterocycles. The van der Waals surface area contributed by atoms with E-state index in [1.165, 1.54) is 18.5 Å². The summed E-state index contributed by atoms with van der Waals surface area (Å²) in [6.07, 6.45) is 1.26. The Morgan fingerprint density at radius 1 is 1.04 bits per heavy atom. The van der Waals surface area contributed by atoms with E-state index in [4.69, 9.17) is 4.42 Å². The summed E-state index contributed by atoms with van der Waals surface area (Å²) in [6, 6.07) is 3.73. The molecule has 3 aromatic rings. The zero-order valence-corrected chi connectivity index (χ0v) is 13.1. The van der Waals surface area contributed by atoms with Gasteiger partial charge >= 0.3 is 6.43 Å². The number of alkyl halides is 2. The van der Waals surface area contributed by atoms with Gasteiger partial charge in [0.25, 0.3) is 11.8 Å². The van der Waals surface area contributed by atoms with Gasteiger partial charge < -0.3 is 9.73 Å². The summed E-state index contributed by atoms with van der Waals surface area (Å²) >= 11 is 0. The standard InChI is InChI=1S/C16H11F4N5O.CH4/c17-10-2-1-9(5-11(10)18)16(3-4-16)23-15-21-6-8(7-22-15)13-24-25-14(26-13)12(19)20;/h1-2,5-7,12H,3-4H2,(H,21,22,23);1H4. The first-order chi connectivity index (χ1) is 12.5. The number of anilines is 1. The topological polar surface area (TPSA) is 76.7 Å². The number of hydrogen-bond donors (Lipinski definition) is 1. The van der Waals surface area contributed by atoms with Crippen molar-refractivity contribution < 1.29 is 22.0 Å². The average Bonchev–Trinajstić information content (AvgIpc) is 3.22. The van der Waals surface area contributed by atoms with Gasteiger partial charge in [0.1, 0.15) is 0 Å². The van der Waals surface area contributed by atoms with Gasteiger partial charge in [-0.1, -0.05) is 13.5 Å². The summed E-state index contributed by atoms with van der Waals surface area (Å²) in [4.78, 5) is 8.19. The molecule has 6 nitrogen and oxygen atoms in total. The lowest BCUT2D eigenvalue weighted by atomic mass is 10.0. The molecule has 0 amide bonds. The van der Waals surface area contributed by atoms with E-state index in [0.717, 1.165) is 12.1 Å². The van der Waals surface area contributed by atoms with Gasteiger partial charge in [0.2, 0.25) is 5.95 Å². The Balaban J connectivity index is 0.00000210. The van der Waals surface area contributed by atoms with Gasteiger partial charge in [-0.25, -0.2) is 18.7 Å². The highest BCUT2D eigenvalue weighted by Crippen LogP contribution is 2.48. The lowest BCUT2D eigenvalue weighted by molar-refractivity contribution is 0.116. The normalized spacial score (nSPS) is 14.7. The van der Waals surface area contributed by atoms with Crippen molar-refractivity contribution in [2.24, 2.45) is 0 Å². The molecule has 10 heteroatoms. The summed E-state index contributed by atoms with van der Waals surface area (Å²) in [5.74, 6) is -2.47. The number of rotatable bonds is 5.